The zero-order chi connectivity index (χ0) is 11.1. The molecule has 0 atom stereocenters. The molecule has 0 saturated carbocycles. The zero-order valence-electron chi connectivity index (χ0n) is 8.28. The van der Waals surface area contributed by atoms with Crippen LogP contribution in [0.15, 0.2) is 26.8 Å². The maximum atomic E-state index is 5.22. The monoisotopic (exact) mass is 320 g/mol. The Morgan fingerprint density at radius 2 is 1.12 bits per heavy atom. The molecule has 1 aliphatic carbocycles. The Bertz CT molecular complexity index is 395. The second kappa shape index (κ2) is 4.97. The van der Waals surface area contributed by atoms with Crippen LogP contribution in [0.5, 0.6) is 0 Å². The lowest BCUT2D eigenvalue weighted by Crippen LogP contribution is -1.89. The highest BCUT2D eigenvalue weighted by Crippen LogP contribution is 2.61. The van der Waals surface area contributed by atoms with E-state index in [2.05, 4.69) is 0 Å². The van der Waals surface area contributed by atoms with Crippen molar-refractivity contribution in [1.82, 2.24) is 0 Å². The first-order valence-corrected chi connectivity index (χ1v) is 9.08. The van der Waals surface area contributed by atoms with Crippen molar-refractivity contribution in [3.05, 3.63) is 26.8 Å². The summed E-state index contributed by atoms with van der Waals surface area (Å²) in [5.41, 5.74) is 0. The van der Waals surface area contributed by atoms with Gasteiger partial charge in [0.05, 0.1) is 8.47 Å². The summed E-state index contributed by atoms with van der Waals surface area (Å²) in [5, 5.41) is 0. The van der Waals surface area contributed by atoms with E-state index in [9.17, 15) is 0 Å². The van der Waals surface area contributed by atoms with Crippen LogP contribution in [0.3, 0.4) is 0 Å². The van der Waals surface area contributed by atoms with E-state index in [0.717, 1.165) is 8.47 Å². The third-order valence-electron chi connectivity index (χ3n) is 2.50. The fourth-order valence-electron chi connectivity index (χ4n) is 1.75. The molecule has 3 aliphatic rings. The molecule has 0 amide bonds. The molecular weight excluding hydrogens is 313 g/mol. The minimum absolute atomic E-state index is 0.883. The number of hydrogen-bond donors (Lipinski definition) is 0. The third kappa shape index (κ3) is 2.29. The van der Waals surface area contributed by atoms with Crippen LogP contribution < -0.4 is 0 Å². The summed E-state index contributed by atoms with van der Waals surface area (Å²) in [6.07, 6.45) is 5.25. The van der Waals surface area contributed by atoms with Crippen LogP contribution >= 0.6 is 47.0 Å². The van der Waals surface area contributed by atoms with Gasteiger partial charge in [0.1, 0.15) is 0 Å². The van der Waals surface area contributed by atoms with Gasteiger partial charge < -0.3 is 25.3 Å². The molecule has 16 heavy (non-hydrogen) atoms. The summed E-state index contributed by atoms with van der Waals surface area (Å²) in [6, 6.07) is 0. The fraction of sp³-hybridized carbons (Fsp3) is 0.400. The van der Waals surface area contributed by atoms with Gasteiger partial charge in [0.2, 0.25) is 0 Å². The van der Waals surface area contributed by atoms with E-state index in [1.807, 2.05) is 23.5 Å². The largest absolute Gasteiger partial charge is 0.774 e. The van der Waals surface area contributed by atoms with Gasteiger partial charge in [0.25, 0.3) is 0 Å². The summed E-state index contributed by atoms with van der Waals surface area (Å²) in [4.78, 5) is 3.20. The molecule has 0 fully saturated rings. The van der Waals surface area contributed by atoms with Crippen molar-refractivity contribution >= 4 is 72.3 Å². The summed E-state index contributed by atoms with van der Waals surface area (Å²) in [5.74, 6) is 0. The molecule has 0 nitrogen and oxygen atoms in total. The third-order valence-corrected chi connectivity index (χ3v) is 9.31. The SMILES string of the molecule is [S-]C1=C([S-])SC(=C2SC3=C(CCCC3)S2)S1. The van der Waals surface area contributed by atoms with E-state index in [-0.39, 0.29) is 0 Å². The number of hydrogen-bond acceptors (Lipinski definition) is 6. The molecule has 0 saturated heterocycles. The fourth-order valence-corrected chi connectivity index (χ4v) is 7.96. The van der Waals surface area contributed by atoms with E-state index >= 15 is 0 Å². The van der Waals surface area contributed by atoms with Crippen LogP contribution in [0, 0.1) is 0 Å². The molecule has 3 rings (SSSR count). The molecule has 0 N–H and O–H groups in total. The van der Waals surface area contributed by atoms with Gasteiger partial charge >= 0.3 is 0 Å². The lowest BCUT2D eigenvalue weighted by molar-refractivity contribution is 0.718. The molecule has 0 unspecified atom stereocenters. The van der Waals surface area contributed by atoms with Crippen molar-refractivity contribution in [2.75, 3.05) is 0 Å². The minimum Gasteiger partial charge on any atom is -0.774 e. The highest BCUT2D eigenvalue weighted by molar-refractivity contribution is 8.37. The Kier molecular flexibility index (Phi) is 3.77. The Hall–Kier alpha value is 1.06. The quantitative estimate of drug-likeness (QED) is 0.567. The molecule has 0 aromatic heterocycles. The Morgan fingerprint density at radius 3 is 1.62 bits per heavy atom. The van der Waals surface area contributed by atoms with Gasteiger partial charge in [-0.25, -0.2) is 0 Å². The average Bonchev–Trinajstić information content (AvgIpc) is 2.83. The molecule has 2 heterocycles. The first-order chi connectivity index (χ1) is 7.74. The van der Waals surface area contributed by atoms with Crippen LogP contribution in [-0.2, 0) is 25.3 Å². The normalized spacial score (nSPS) is 25.8. The lowest BCUT2D eigenvalue weighted by Gasteiger charge is -2.11. The molecule has 2 aliphatic heterocycles. The lowest BCUT2D eigenvalue weighted by atomic mass is 10.1. The smallest absolute Gasteiger partial charge is 0.0698 e. The minimum atomic E-state index is 0.883. The average molecular weight is 321 g/mol. The van der Waals surface area contributed by atoms with Crippen molar-refractivity contribution in [1.29, 1.82) is 0 Å². The predicted octanol–water partition coefficient (Wildman–Crippen LogP) is 5.08. The summed E-state index contributed by atoms with van der Waals surface area (Å²) in [6.45, 7) is 0. The zero-order valence-corrected chi connectivity index (χ0v) is 13.2. The second-order valence-corrected chi connectivity index (χ2v) is 9.71. The van der Waals surface area contributed by atoms with Crippen molar-refractivity contribution < 1.29 is 0 Å². The standard InChI is InChI=1S/C10H10S6/c11-7-8(12)16-10(15-7)9-13-5-3-1-2-4-6(5)14-9/h11-12H,1-4H2/p-2. The van der Waals surface area contributed by atoms with Gasteiger partial charge in [-0.15, -0.1) is 32.0 Å². The number of thioether (sulfide) groups is 4. The van der Waals surface area contributed by atoms with Crippen molar-refractivity contribution in [2.24, 2.45) is 0 Å². The van der Waals surface area contributed by atoms with Gasteiger partial charge in [0.15, 0.2) is 0 Å². The van der Waals surface area contributed by atoms with Gasteiger partial charge in [-0.3, -0.25) is 0 Å². The van der Waals surface area contributed by atoms with Crippen molar-refractivity contribution in [3.8, 4) is 0 Å². The number of allylic oxidation sites excluding steroid dienone is 2. The summed E-state index contributed by atoms with van der Waals surface area (Å²) in [7, 11) is 0. The maximum absolute atomic E-state index is 5.22. The van der Waals surface area contributed by atoms with Crippen LogP contribution in [0.1, 0.15) is 25.7 Å². The van der Waals surface area contributed by atoms with Crippen LogP contribution in [0.4, 0.5) is 0 Å². The van der Waals surface area contributed by atoms with E-state index in [1.165, 1.54) is 34.2 Å². The Labute approximate surface area is 124 Å². The molecule has 0 aromatic carbocycles. The Balaban J connectivity index is 1.79. The summed E-state index contributed by atoms with van der Waals surface area (Å²) < 4.78 is 4.51. The van der Waals surface area contributed by atoms with Crippen molar-refractivity contribution in [3.63, 3.8) is 0 Å². The molecular formula is C10H8S6-2. The van der Waals surface area contributed by atoms with Gasteiger partial charge in [-0.1, -0.05) is 23.5 Å². The van der Waals surface area contributed by atoms with E-state index in [4.69, 9.17) is 25.3 Å². The Morgan fingerprint density at radius 1 is 0.688 bits per heavy atom. The summed E-state index contributed by atoms with van der Waals surface area (Å²) >= 11 is 17.7. The second-order valence-electron chi connectivity index (χ2n) is 3.61. The first kappa shape index (κ1) is 12.1. The highest BCUT2D eigenvalue weighted by atomic mass is 32.2. The predicted molar refractivity (Wildman–Crippen MR) is 84.6 cm³/mol. The van der Waals surface area contributed by atoms with Crippen LogP contribution in [0.25, 0.3) is 0 Å². The van der Waals surface area contributed by atoms with E-state index in [1.54, 1.807) is 33.3 Å². The van der Waals surface area contributed by atoms with Gasteiger partial charge in [0, 0.05) is 9.81 Å². The highest BCUT2D eigenvalue weighted by Gasteiger charge is 2.26. The van der Waals surface area contributed by atoms with E-state index < -0.39 is 0 Å². The van der Waals surface area contributed by atoms with Crippen LogP contribution in [-0.4, -0.2) is 0 Å². The molecule has 6 heteroatoms. The topological polar surface area (TPSA) is 0 Å². The van der Waals surface area contributed by atoms with E-state index in [0.29, 0.717) is 0 Å². The maximum Gasteiger partial charge on any atom is 0.0698 e. The van der Waals surface area contributed by atoms with Crippen LogP contribution in [0.2, 0.25) is 0 Å². The number of rotatable bonds is 0. The molecule has 0 aromatic rings. The first-order valence-electron chi connectivity index (χ1n) is 5.00. The van der Waals surface area contributed by atoms with Gasteiger partial charge in [-0.05, 0) is 25.7 Å². The van der Waals surface area contributed by atoms with Crippen molar-refractivity contribution in [2.45, 2.75) is 25.7 Å². The van der Waals surface area contributed by atoms with Gasteiger partial charge in [-0.2, -0.15) is 0 Å². The molecule has 86 valence electrons. The molecule has 0 spiro atoms. The molecule has 0 radical (unpaired) electrons. The molecule has 0 bridgehead atoms.